The highest BCUT2D eigenvalue weighted by molar-refractivity contribution is 5.95. The van der Waals surface area contributed by atoms with Crippen LogP contribution in [0.2, 0.25) is 0 Å². The fraction of sp³-hybridized carbons (Fsp3) is 0.250. The maximum atomic E-state index is 13.1. The monoisotopic (exact) mass is 486 g/mol. The number of allylic oxidation sites excluding steroid dienone is 1. The lowest BCUT2D eigenvalue weighted by molar-refractivity contribution is -0.143. The second-order valence-corrected chi connectivity index (χ2v) is 8.82. The van der Waals surface area contributed by atoms with E-state index in [1.807, 2.05) is 61.7 Å². The maximum Gasteiger partial charge on any atom is 0.338 e. The molecule has 0 bridgehead atoms. The highest BCUT2D eigenvalue weighted by Crippen LogP contribution is 2.36. The summed E-state index contributed by atoms with van der Waals surface area (Å²) < 4.78 is 13.0. The molecule has 0 spiro atoms. The minimum absolute atomic E-state index is 0.312. The van der Waals surface area contributed by atoms with E-state index < -0.39 is 18.0 Å². The zero-order valence-electron chi connectivity index (χ0n) is 20.9. The van der Waals surface area contributed by atoms with Crippen LogP contribution >= 0.6 is 0 Å². The molecule has 0 saturated heterocycles. The molecule has 8 nitrogen and oxygen atoms in total. The van der Waals surface area contributed by atoms with Crippen LogP contribution in [0, 0.1) is 6.92 Å². The molecule has 36 heavy (non-hydrogen) atoms. The highest BCUT2D eigenvalue weighted by atomic mass is 16.5. The van der Waals surface area contributed by atoms with Crippen LogP contribution in [0.1, 0.15) is 37.9 Å². The number of rotatable bonds is 8. The molecular weight excluding hydrogens is 456 g/mol. The Morgan fingerprint density at radius 2 is 1.94 bits per heavy atom. The number of nitrogens with zero attached hydrogens (tertiary/aromatic N) is 2. The molecule has 0 fully saturated rings. The number of benzene rings is 2. The second-order valence-electron chi connectivity index (χ2n) is 8.82. The molecule has 0 radical (unpaired) electrons. The quantitative estimate of drug-likeness (QED) is 0.345. The predicted octanol–water partition coefficient (Wildman–Crippen LogP) is 4.99. The number of amides is 2. The Bertz CT molecular complexity index is 1320. The number of aromatic nitrogens is 2. The van der Waals surface area contributed by atoms with Gasteiger partial charge < -0.3 is 20.1 Å². The molecule has 8 heteroatoms. The van der Waals surface area contributed by atoms with Gasteiger partial charge in [-0.3, -0.25) is 0 Å². The van der Waals surface area contributed by atoms with Crippen LogP contribution in [-0.4, -0.2) is 34.5 Å². The molecule has 186 valence electrons. The Morgan fingerprint density at radius 3 is 2.61 bits per heavy atom. The molecular formula is C28H30N4O4. The van der Waals surface area contributed by atoms with Gasteiger partial charge in [-0.2, -0.15) is 5.10 Å². The van der Waals surface area contributed by atoms with Crippen LogP contribution in [0.25, 0.3) is 16.9 Å². The summed E-state index contributed by atoms with van der Waals surface area (Å²) >= 11 is 0. The van der Waals surface area contributed by atoms with E-state index in [4.69, 9.17) is 14.6 Å². The van der Waals surface area contributed by atoms with E-state index in [2.05, 4.69) is 17.2 Å². The van der Waals surface area contributed by atoms with Gasteiger partial charge >= 0.3 is 12.0 Å². The molecule has 1 aromatic heterocycles. The largest absolute Gasteiger partial charge is 0.489 e. The lowest BCUT2D eigenvalue weighted by Gasteiger charge is -2.28. The van der Waals surface area contributed by atoms with Gasteiger partial charge in [-0.25, -0.2) is 14.3 Å². The van der Waals surface area contributed by atoms with Gasteiger partial charge in [-0.1, -0.05) is 30.9 Å². The molecule has 2 amide bonds. The minimum Gasteiger partial charge on any atom is -0.489 e. The fourth-order valence-corrected chi connectivity index (χ4v) is 4.12. The average molecular weight is 487 g/mol. The van der Waals surface area contributed by atoms with E-state index in [9.17, 15) is 9.59 Å². The number of aryl methyl sites for hydroxylation is 1. The molecule has 1 unspecified atom stereocenters. The lowest BCUT2D eigenvalue weighted by atomic mass is 9.93. The first kappa shape index (κ1) is 24.8. The van der Waals surface area contributed by atoms with Crippen LogP contribution in [0.5, 0.6) is 5.75 Å². The standard InChI is InChI=1S/C28H30N4O4/c1-6-14-35-23-13-12-20(15-18(23)4)25-22(16-32(31-25)21-10-8-7-9-11-21)26-24(27(33)36-17(2)3)19(5)29-28(34)30-26/h6-13,15-17,26H,1,14H2,2-5H3,(H2,29,30,34). The van der Waals surface area contributed by atoms with Gasteiger partial charge in [0, 0.05) is 23.0 Å². The third-order valence-electron chi connectivity index (χ3n) is 5.71. The molecule has 2 N–H and O–H groups in total. The first-order valence-corrected chi connectivity index (χ1v) is 11.8. The summed E-state index contributed by atoms with van der Waals surface area (Å²) in [4.78, 5) is 25.6. The van der Waals surface area contributed by atoms with Crippen molar-refractivity contribution in [2.45, 2.75) is 39.8 Å². The van der Waals surface area contributed by atoms with Crippen molar-refractivity contribution in [2.24, 2.45) is 0 Å². The highest BCUT2D eigenvalue weighted by Gasteiger charge is 2.35. The normalized spacial score (nSPS) is 15.4. The van der Waals surface area contributed by atoms with Crippen molar-refractivity contribution >= 4 is 12.0 Å². The Morgan fingerprint density at radius 1 is 1.19 bits per heavy atom. The van der Waals surface area contributed by atoms with E-state index in [-0.39, 0.29) is 6.10 Å². The molecule has 2 aromatic carbocycles. The zero-order chi connectivity index (χ0) is 25.8. The Labute approximate surface area is 210 Å². The molecule has 0 saturated carbocycles. The molecule has 0 aliphatic carbocycles. The van der Waals surface area contributed by atoms with E-state index in [0.29, 0.717) is 29.1 Å². The van der Waals surface area contributed by atoms with Gasteiger partial charge in [-0.05, 0) is 63.6 Å². The number of para-hydroxylation sites is 1. The third-order valence-corrected chi connectivity index (χ3v) is 5.71. The summed E-state index contributed by atoms with van der Waals surface area (Å²) in [7, 11) is 0. The Kier molecular flexibility index (Phi) is 7.24. The van der Waals surface area contributed by atoms with Crippen LogP contribution in [0.3, 0.4) is 0 Å². The Hall–Kier alpha value is -4.33. The number of esters is 1. The molecule has 3 aromatic rings. The molecule has 2 heterocycles. The predicted molar refractivity (Wildman–Crippen MR) is 138 cm³/mol. The van der Waals surface area contributed by atoms with Crippen molar-refractivity contribution < 1.29 is 19.1 Å². The van der Waals surface area contributed by atoms with Crippen molar-refractivity contribution in [3.05, 3.63) is 89.8 Å². The third kappa shape index (κ3) is 5.17. The molecule has 1 aliphatic heterocycles. The second kappa shape index (κ2) is 10.5. The number of carbonyl (C=O) groups excluding carboxylic acids is 2. The summed E-state index contributed by atoms with van der Waals surface area (Å²) in [5, 5.41) is 10.5. The minimum atomic E-state index is -0.755. The SMILES string of the molecule is C=CCOc1ccc(-c2nn(-c3ccccc3)cc2C2NC(=O)NC(C)=C2C(=O)OC(C)C)cc1C. The zero-order valence-corrected chi connectivity index (χ0v) is 20.9. The van der Waals surface area contributed by atoms with Crippen LogP contribution in [0.4, 0.5) is 4.79 Å². The van der Waals surface area contributed by atoms with Crippen molar-refractivity contribution in [2.75, 3.05) is 6.61 Å². The van der Waals surface area contributed by atoms with E-state index in [1.54, 1.807) is 31.5 Å². The summed E-state index contributed by atoms with van der Waals surface area (Å²) in [6.45, 7) is 11.3. The molecule has 1 atom stereocenters. The number of urea groups is 1. The average Bonchev–Trinajstić information content (AvgIpc) is 3.28. The smallest absolute Gasteiger partial charge is 0.338 e. The van der Waals surface area contributed by atoms with Crippen molar-refractivity contribution in [1.82, 2.24) is 20.4 Å². The van der Waals surface area contributed by atoms with Crippen molar-refractivity contribution in [3.8, 4) is 22.7 Å². The Balaban J connectivity index is 1.87. The summed E-state index contributed by atoms with van der Waals surface area (Å²) in [5.74, 6) is 0.248. The number of hydrogen-bond donors (Lipinski definition) is 2. The van der Waals surface area contributed by atoms with E-state index in [1.165, 1.54) is 0 Å². The van der Waals surface area contributed by atoms with Crippen LogP contribution < -0.4 is 15.4 Å². The first-order valence-electron chi connectivity index (χ1n) is 11.8. The van der Waals surface area contributed by atoms with Crippen LogP contribution in [-0.2, 0) is 9.53 Å². The molecule has 4 rings (SSSR count). The van der Waals surface area contributed by atoms with Gasteiger partial charge in [0.1, 0.15) is 12.4 Å². The number of hydrogen-bond acceptors (Lipinski definition) is 5. The van der Waals surface area contributed by atoms with E-state index >= 15 is 0 Å². The summed E-state index contributed by atoms with van der Waals surface area (Å²) in [6, 6.07) is 14.3. The summed E-state index contributed by atoms with van der Waals surface area (Å²) in [5.41, 5.74) is 4.67. The maximum absolute atomic E-state index is 13.1. The number of carbonyl (C=O) groups is 2. The van der Waals surface area contributed by atoms with Crippen LogP contribution in [0.15, 0.2) is 78.7 Å². The van der Waals surface area contributed by atoms with Crippen molar-refractivity contribution in [3.63, 3.8) is 0 Å². The topological polar surface area (TPSA) is 94.5 Å². The van der Waals surface area contributed by atoms with Gasteiger partial charge in [0.15, 0.2) is 0 Å². The fourth-order valence-electron chi connectivity index (χ4n) is 4.12. The van der Waals surface area contributed by atoms with Crippen molar-refractivity contribution in [1.29, 1.82) is 0 Å². The van der Waals surface area contributed by atoms with E-state index in [0.717, 1.165) is 22.6 Å². The van der Waals surface area contributed by atoms with Gasteiger partial charge in [0.2, 0.25) is 0 Å². The molecule has 1 aliphatic rings. The van der Waals surface area contributed by atoms with Gasteiger partial charge in [-0.15, -0.1) is 0 Å². The summed E-state index contributed by atoms with van der Waals surface area (Å²) in [6.07, 6.45) is 3.22. The van der Waals surface area contributed by atoms with Gasteiger partial charge in [0.05, 0.1) is 29.1 Å². The number of ether oxygens (including phenoxy) is 2. The van der Waals surface area contributed by atoms with Gasteiger partial charge in [0.25, 0.3) is 0 Å². The number of nitrogens with one attached hydrogen (secondary N) is 2. The lowest BCUT2D eigenvalue weighted by Crippen LogP contribution is -2.45. The first-order chi connectivity index (χ1) is 17.3.